The summed E-state index contributed by atoms with van der Waals surface area (Å²) in [7, 11) is 0. The van der Waals surface area contributed by atoms with E-state index in [4.69, 9.17) is 16.3 Å². The molecule has 0 bridgehead atoms. The first-order chi connectivity index (χ1) is 17.3. The van der Waals surface area contributed by atoms with E-state index in [2.05, 4.69) is 20.9 Å². The number of ether oxygens (including phenoxy) is 1. The number of hydrogen-bond donors (Lipinski definition) is 1. The Morgan fingerprint density at radius 2 is 2.00 bits per heavy atom. The summed E-state index contributed by atoms with van der Waals surface area (Å²) in [5.41, 5.74) is 2.76. The van der Waals surface area contributed by atoms with Crippen LogP contribution in [0.1, 0.15) is 29.7 Å². The van der Waals surface area contributed by atoms with Gasteiger partial charge in [0.05, 0.1) is 21.8 Å². The summed E-state index contributed by atoms with van der Waals surface area (Å²) in [4.78, 5) is 32.9. The van der Waals surface area contributed by atoms with Crippen LogP contribution in [0.4, 0.5) is 5.13 Å². The Morgan fingerprint density at radius 3 is 2.81 bits per heavy atom. The standard InChI is InChI=1S/C27H18BrClN2O4S/c1-13-9-16-10-15(5-8-20(16)35-13)24(32)22-23(14-3-2-4-17(28)11-14)31(26(34)25(22)33)27-30-19-7-6-18(29)12-21(19)36-27/h2-8,10-13,23,32H,9H2,1H3/b24-22+/t13-,23-/m1/s1. The van der Waals surface area contributed by atoms with Gasteiger partial charge in [-0.05, 0) is 66.6 Å². The summed E-state index contributed by atoms with van der Waals surface area (Å²) in [6.45, 7) is 1.98. The maximum absolute atomic E-state index is 13.4. The van der Waals surface area contributed by atoms with Gasteiger partial charge in [0.15, 0.2) is 5.13 Å². The van der Waals surface area contributed by atoms with E-state index in [9.17, 15) is 14.7 Å². The summed E-state index contributed by atoms with van der Waals surface area (Å²) in [6, 6.07) is 17.1. The fourth-order valence-electron chi connectivity index (χ4n) is 4.74. The number of hydrogen-bond acceptors (Lipinski definition) is 6. The fourth-order valence-corrected chi connectivity index (χ4v) is 6.42. The number of carbonyl (C=O) groups excluding carboxylic acids is 2. The topological polar surface area (TPSA) is 79.7 Å². The van der Waals surface area contributed by atoms with Gasteiger partial charge in [-0.15, -0.1) is 0 Å². The number of halogens is 2. The Balaban J connectivity index is 1.54. The van der Waals surface area contributed by atoms with E-state index in [1.165, 1.54) is 16.2 Å². The van der Waals surface area contributed by atoms with Crippen molar-refractivity contribution in [3.63, 3.8) is 0 Å². The fraction of sp³-hybridized carbons (Fsp3) is 0.148. The number of amides is 1. The summed E-state index contributed by atoms with van der Waals surface area (Å²) in [5.74, 6) is -0.979. The van der Waals surface area contributed by atoms with Crippen LogP contribution >= 0.6 is 38.9 Å². The van der Waals surface area contributed by atoms with Gasteiger partial charge in [-0.25, -0.2) is 4.98 Å². The average Bonchev–Trinajstić information content (AvgIpc) is 3.50. The lowest BCUT2D eigenvalue weighted by Crippen LogP contribution is -2.29. The molecule has 6 rings (SSSR count). The molecule has 1 amide bonds. The van der Waals surface area contributed by atoms with Crippen molar-refractivity contribution in [3.8, 4) is 5.75 Å². The van der Waals surface area contributed by atoms with Crippen molar-refractivity contribution < 1.29 is 19.4 Å². The van der Waals surface area contributed by atoms with Crippen molar-refractivity contribution in [2.45, 2.75) is 25.5 Å². The third-order valence-corrected chi connectivity index (χ3v) is 8.07. The number of anilines is 1. The Labute approximate surface area is 223 Å². The summed E-state index contributed by atoms with van der Waals surface area (Å²) in [6.07, 6.45) is 0.742. The lowest BCUT2D eigenvalue weighted by molar-refractivity contribution is -0.132. The Hall–Kier alpha value is -3.20. The highest BCUT2D eigenvalue weighted by Gasteiger charge is 2.48. The highest BCUT2D eigenvalue weighted by atomic mass is 79.9. The van der Waals surface area contributed by atoms with E-state index in [1.807, 2.05) is 37.3 Å². The molecule has 36 heavy (non-hydrogen) atoms. The first-order valence-corrected chi connectivity index (χ1v) is 13.2. The number of thiazole rings is 1. The van der Waals surface area contributed by atoms with Gasteiger partial charge in [0, 0.05) is 21.5 Å². The normalized spacial score (nSPS) is 20.7. The second-order valence-corrected chi connectivity index (χ2v) is 11.1. The second-order valence-electron chi connectivity index (χ2n) is 8.79. The van der Waals surface area contributed by atoms with Gasteiger partial charge in [-0.1, -0.05) is 51.0 Å². The van der Waals surface area contributed by atoms with Crippen LogP contribution in [0.3, 0.4) is 0 Å². The van der Waals surface area contributed by atoms with Crippen LogP contribution in [0.25, 0.3) is 16.0 Å². The molecule has 3 heterocycles. The van der Waals surface area contributed by atoms with Gasteiger partial charge in [-0.2, -0.15) is 0 Å². The molecule has 0 unspecified atom stereocenters. The summed E-state index contributed by atoms with van der Waals surface area (Å²) >= 11 is 10.9. The van der Waals surface area contributed by atoms with E-state index in [0.717, 1.165) is 20.5 Å². The zero-order valence-corrected chi connectivity index (χ0v) is 22.0. The molecule has 1 N–H and O–H groups in total. The first-order valence-electron chi connectivity index (χ1n) is 11.2. The van der Waals surface area contributed by atoms with E-state index in [0.29, 0.717) is 33.2 Å². The number of rotatable bonds is 3. The van der Waals surface area contributed by atoms with Crippen molar-refractivity contribution >= 4 is 71.7 Å². The number of aliphatic hydroxyl groups is 1. The van der Waals surface area contributed by atoms with Crippen LogP contribution < -0.4 is 9.64 Å². The third kappa shape index (κ3) is 3.80. The Bertz CT molecular complexity index is 1610. The predicted octanol–water partition coefficient (Wildman–Crippen LogP) is 6.66. The van der Waals surface area contributed by atoms with E-state index in [1.54, 1.807) is 30.3 Å². The molecule has 2 atom stereocenters. The van der Waals surface area contributed by atoms with Crippen molar-refractivity contribution in [2.24, 2.45) is 0 Å². The van der Waals surface area contributed by atoms with E-state index >= 15 is 0 Å². The number of aliphatic hydroxyl groups excluding tert-OH is 1. The van der Waals surface area contributed by atoms with Crippen LogP contribution in [0.5, 0.6) is 5.75 Å². The predicted molar refractivity (Wildman–Crippen MR) is 144 cm³/mol. The molecule has 3 aromatic carbocycles. The van der Waals surface area contributed by atoms with E-state index in [-0.39, 0.29) is 17.4 Å². The molecular weight excluding hydrogens is 564 g/mol. The van der Waals surface area contributed by atoms with Crippen molar-refractivity contribution in [1.29, 1.82) is 0 Å². The molecule has 180 valence electrons. The van der Waals surface area contributed by atoms with Crippen molar-refractivity contribution in [1.82, 2.24) is 4.98 Å². The molecule has 0 saturated carbocycles. The lowest BCUT2D eigenvalue weighted by atomic mass is 9.94. The monoisotopic (exact) mass is 580 g/mol. The van der Waals surface area contributed by atoms with Gasteiger partial charge >= 0.3 is 5.91 Å². The van der Waals surface area contributed by atoms with Crippen molar-refractivity contribution in [3.05, 3.63) is 92.4 Å². The molecule has 2 aliphatic heterocycles. The molecular formula is C27H18BrClN2O4S. The highest BCUT2D eigenvalue weighted by Crippen LogP contribution is 2.45. The van der Waals surface area contributed by atoms with Crippen LogP contribution in [-0.2, 0) is 16.0 Å². The van der Waals surface area contributed by atoms with E-state index < -0.39 is 17.7 Å². The molecule has 1 saturated heterocycles. The maximum atomic E-state index is 13.4. The molecule has 1 fully saturated rings. The molecule has 6 nitrogen and oxygen atoms in total. The number of benzene rings is 3. The zero-order chi connectivity index (χ0) is 25.1. The lowest BCUT2D eigenvalue weighted by Gasteiger charge is -2.23. The first kappa shape index (κ1) is 23.2. The van der Waals surface area contributed by atoms with Crippen molar-refractivity contribution in [2.75, 3.05) is 4.90 Å². The summed E-state index contributed by atoms with van der Waals surface area (Å²) < 4.78 is 7.35. The van der Waals surface area contributed by atoms with Crippen LogP contribution in [0.2, 0.25) is 5.02 Å². The second kappa shape index (κ2) is 8.73. The van der Waals surface area contributed by atoms with Crippen LogP contribution in [0.15, 0.2) is 70.7 Å². The quantitative estimate of drug-likeness (QED) is 0.166. The number of aromatic nitrogens is 1. The molecule has 9 heteroatoms. The zero-order valence-electron chi connectivity index (χ0n) is 18.9. The molecule has 0 spiro atoms. The molecule has 2 aliphatic rings. The molecule has 0 radical (unpaired) electrons. The van der Waals surface area contributed by atoms with Gasteiger partial charge in [-0.3, -0.25) is 14.5 Å². The molecule has 1 aromatic heterocycles. The largest absolute Gasteiger partial charge is 0.507 e. The number of ketones is 1. The highest BCUT2D eigenvalue weighted by molar-refractivity contribution is 9.10. The Kier molecular flexibility index (Phi) is 5.63. The van der Waals surface area contributed by atoms with Crippen LogP contribution in [0, 0.1) is 0 Å². The number of Topliss-reactive ketones (excluding diaryl/α,β-unsaturated/α-hetero) is 1. The van der Waals surface area contributed by atoms with Crippen LogP contribution in [-0.4, -0.2) is 27.9 Å². The maximum Gasteiger partial charge on any atom is 0.301 e. The molecule has 4 aromatic rings. The van der Waals surface area contributed by atoms with Gasteiger partial charge in [0.1, 0.15) is 17.6 Å². The minimum atomic E-state index is -0.859. The minimum Gasteiger partial charge on any atom is -0.507 e. The summed E-state index contributed by atoms with van der Waals surface area (Å²) in [5, 5.41) is 12.4. The van der Waals surface area contributed by atoms with Gasteiger partial charge in [0.2, 0.25) is 0 Å². The van der Waals surface area contributed by atoms with Gasteiger partial charge < -0.3 is 9.84 Å². The molecule has 0 aliphatic carbocycles. The number of nitrogens with zero attached hydrogens (tertiary/aromatic N) is 2. The smallest absolute Gasteiger partial charge is 0.301 e. The number of carbonyl (C=O) groups is 2. The average molecular weight is 582 g/mol. The van der Waals surface area contributed by atoms with Gasteiger partial charge in [0.25, 0.3) is 5.78 Å². The minimum absolute atomic E-state index is 0.0160. The SMILES string of the molecule is C[C@@H]1Cc2cc(/C(O)=C3\C(=O)C(=O)N(c4nc5ccc(Cl)cc5s4)[C@@H]3c3cccc(Br)c3)ccc2O1. The number of fused-ring (bicyclic) bond motifs is 2. The third-order valence-electron chi connectivity index (χ3n) is 6.32. The Morgan fingerprint density at radius 1 is 1.17 bits per heavy atom.